The number of hydrogen-bond donors (Lipinski definition) is 0. The lowest BCUT2D eigenvalue weighted by Gasteiger charge is -2.00. The third kappa shape index (κ3) is 1.69. The fourth-order valence-corrected chi connectivity index (χ4v) is 2.62. The molecule has 0 saturated heterocycles. The number of benzene rings is 2. The van der Waals surface area contributed by atoms with Gasteiger partial charge in [-0.05, 0) is 54.4 Å². The fourth-order valence-electron chi connectivity index (χ4n) is 2.62. The summed E-state index contributed by atoms with van der Waals surface area (Å²) in [5.41, 5.74) is 5.48. The number of aromatic nitrogens is 1. The molecule has 4 rings (SSSR count). The third-order valence-electron chi connectivity index (χ3n) is 3.64. The SMILES string of the molecule is Cc1ccc2oc3ccc(-c4ccncc4)cc3c2c1. The van der Waals surface area contributed by atoms with Crippen LogP contribution in [0.25, 0.3) is 33.1 Å². The van der Waals surface area contributed by atoms with Crippen LogP contribution in [0.3, 0.4) is 0 Å². The van der Waals surface area contributed by atoms with Gasteiger partial charge in [-0.3, -0.25) is 4.98 Å². The van der Waals surface area contributed by atoms with Crippen LogP contribution < -0.4 is 0 Å². The second kappa shape index (κ2) is 4.20. The monoisotopic (exact) mass is 259 g/mol. The number of pyridine rings is 1. The fraction of sp³-hybridized carbons (Fsp3) is 0.0556. The Morgan fingerprint density at radius 1 is 0.750 bits per heavy atom. The number of aryl methyl sites for hydroxylation is 1. The van der Waals surface area contributed by atoms with E-state index in [0.29, 0.717) is 0 Å². The molecule has 2 aromatic heterocycles. The Kier molecular flexibility index (Phi) is 2.36. The molecule has 0 unspecified atom stereocenters. The van der Waals surface area contributed by atoms with E-state index in [1.807, 2.05) is 36.7 Å². The molecule has 4 aromatic rings. The molecule has 2 heteroatoms. The van der Waals surface area contributed by atoms with Crippen LogP contribution in [0.4, 0.5) is 0 Å². The molecule has 0 amide bonds. The number of nitrogens with zero attached hydrogens (tertiary/aromatic N) is 1. The van der Waals surface area contributed by atoms with Crippen LogP contribution in [0, 0.1) is 6.92 Å². The summed E-state index contributed by atoms with van der Waals surface area (Å²) >= 11 is 0. The van der Waals surface area contributed by atoms with Gasteiger partial charge in [-0.25, -0.2) is 0 Å². The van der Waals surface area contributed by atoms with Gasteiger partial charge in [0, 0.05) is 23.2 Å². The van der Waals surface area contributed by atoms with Crippen molar-refractivity contribution in [3.05, 3.63) is 66.5 Å². The predicted octanol–water partition coefficient (Wildman–Crippen LogP) is 4.96. The average Bonchev–Trinajstić information content (AvgIpc) is 2.85. The highest BCUT2D eigenvalue weighted by Gasteiger charge is 2.08. The molecule has 0 N–H and O–H groups in total. The van der Waals surface area contributed by atoms with E-state index in [2.05, 4.69) is 36.2 Å². The summed E-state index contributed by atoms with van der Waals surface area (Å²) in [7, 11) is 0. The van der Waals surface area contributed by atoms with Crippen molar-refractivity contribution >= 4 is 21.9 Å². The van der Waals surface area contributed by atoms with Crippen LogP contribution >= 0.6 is 0 Å². The first-order chi connectivity index (χ1) is 9.81. The van der Waals surface area contributed by atoms with Crippen LogP contribution in [-0.2, 0) is 0 Å². The van der Waals surface area contributed by atoms with Gasteiger partial charge in [-0.15, -0.1) is 0 Å². The minimum atomic E-state index is 0.934. The quantitative estimate of drug-likeness (QED) is 0.483. The Morgan fingerprint density at radius 2 is 1.45 bits per heavy atom. The van der Waals surface area contributed by atoms with E-state index in [0.717, 1.165) is 16.6 Å². The Labute approximate surface area is 116 Å². The van der Waals surface area contributed by atoms with E-state index >= 15 is 0 Å². The summed E-state index contributed by atoms with van der Waals surface area (Å²) in [5.74, 6) is 0. The van der Waals surface area contributed by atoms with Crippen LogP contribution in [0.5, 0.6) is 0 Å². The summed E-state index contributed by atoms with van der Waals surface area (Å²) in [6.07, 6.45) is 3.63. The largest absolute Gasteiger partial charge is 0.456 e. The topological polar surface area (TPSA) is 26.0 Å². The van der Waals surface area contributed by atoms with Gasteiger partial charge >= 0.3 is 0 Å². The van der Waals surface area contributed by atoms with Crippen molar-refractivity contribution in [1.82, 2.24) is 4.98 Å². The summed E-state index contributed by atoms with van der Waals surface area (Å²) in [6, 6.07) is 16.7. The molecule has 2 heterocycles. The van der Waals surface area contributed by atoms with Gasteiger partial charge in [0.05, 0.1) is 0 Å². The highest BCUT2D eigenvalue weighted by molar-refractivity contribution is 6.06. The molecule has 20 heavy (non-hydrogen) atoms. The Bertz CT molecular complexity index is 907. The van der Waals surface area contributed by atoms with Crippen LogP contribution in [-0.4, -0.2) is 4.98 Å². The van der Waals surface area contributed by atoms with Gasteiger partial charge in [0.15, 0.2) is 0 Å². The predicted molar refractivity (Wildman–Crippen MR) is 81.7 cm³/mol. The molecular weight excluding hydrogens is 246 g/mol. The Balaban J connectivity index is 2.03. The molecule has 2 nitrogen and oxygen atoms in total. The van der Waals surface area contributed by atoms with Crippen molar-refractivity contribution in [2.75, 3.05) is 0 Å². The summed E-state index contributed by atoms with van der Waals surface area (Å²) in [5, 5.41) is 2.34. The standard InChI is InChI=1S/C18H13NO/c1-12-2-4-17-15(10-12)16-11-14(3-5-18(16)20-17)13-6-8-19-9-7-13/h2-11H,1H3. The second-order valence-electron chi connectivity index (χ2n) is 5.05. The number of fused-ring (bicyclic) bond motifs is 3. The van der Waals surface area contributed by atoms with E-state index in [-0.39, 0.29) is 0 Å². The third-order valence-corrected chi connectivity index (χ3v) is 3.64. The van der Waals surface area contributed by atoms with Crippen molar-refractivity contribution in [2.45, 2.75) is 6.92 Å². The van der Waals surface area contributed by atoms with Crippen molar-refractivity contribution in [1.29, 1.82) is 0 Å². The summed E-state index contributed by atoms with van der Waals surface area (Å²) in [6.45, 7) is 2.10. The molecule has 0 bridgehead atoms. The lowest BCUT2D eigenvalue weighted by molar-refractivity contribution is 0.669. The Morgan fingerprint density at radius 3 is 2.25 bits per heavy atom. The zero-order chi connectivity index (χ0) is 13.5. The van der Waals surface area contributed by atoms with Crippen molar-refractivity contribution < 1.29 is 4.42 Å². The minimum absolute atomic E-state index is 0.934. The normalized spacial score (nSPS) is 11.2. The molecule has 0 spiro atoms. The highest BCUT2D eigenvalue weighted by atomic mass is 16.3. The molecule has 0 fully saturated rings. The van der Waals surface area contributed by atoms with E-state index in [9.17, 15) is 0 Å². The van der Waals surface area contributed by atoms with Gasteiger partial charge < -0.3 is 4.42 Å². The maximum absolute atomic E-state index is 5.89. The van der Waals surface area contributed by atoms with Crippen molar-refractivity contribution in [2.24, 2.45) is 0 Å². The molecule has 0 aliphatic carbocycles. The van der Waals surface area contributed by atoms with E-state index in [1.54, 1.807) is 0 Å². The van der Waals surface area contributed by atoms with Gasteiger partial charge in [0.2, 0.25) is 0 Å². The van der Waals surface area contributed by atoms with E-state index in [4.69, 9.17) is 4.42 Å². The first-order valence-corrected chi connectivity index (χ1v) is 6.64. The summed E-state index contributed by atoms with van der Waals surface area (Å²) < 4.78 is 5.89. The second-order valence-corrected chi connectivity index (χ2v) is 5.05. The number of hydrogen-bond acceptors (Lipinski definition) is 2. The molecule has 0 aliphatic rings. The molecule has 0 atom stereocenters. The van der Waals surface area contributed by atoms with Crippen LogP contribution in [0.1, 0.15) is 5.56 Å². The zero-order valence-corrected chi connectivity index (χ0v) is 11.1. The van der Waals surface area contributed by atoms with E-state index in [1.165, 1.54) is 22.1 Å². The van der Waals surface area contributed by atoms with Crippen LogP contribution in [0.15, 0.2) is 65.3 Å². The highest BCUT2D eigenvalue weighted by Crippen LogP contribution is 2.32. The van der Waals surface area contributed by atoms with Gasteiger partial charge in [-0.1, -0.05) is 17.7 Å². The molecule has 96 valence electrons. The molecule has 0 radical (unpaired) electrons. The first kappa shape index (κ1) is 11.2. The molecule has 2 aromatic carbocycles. The van der Waals surface area contributed by atoms with Crippen LogP contribution in [0.2, 0.25) is 0 Å². The van der Waals surface area contributed by atoms with Crippen molar-refractivity contribution in [3.63, 3.8) is 0 Å². The minimum Gasteiger partial charge on any atom is -0.456 e. The Hall–Kier alpha value is -2.61. The number of rotatable bonds is 1. The number of furan rings is 1. The van der Waals surface area contributed by atoms with Crippen molar-refractivity contribution in [3.8, 4) is 11.1 Å². The lowest BCUT2D eigenvalue weighted by Crippen LogP contribution is -1.78. The van der Waals surface area contributed by atoms with E-state index < -0.39 is 0 Å². The van der Waals surface area contributed by atoms with Gasteiger partial charge in [0.1, 0.15) is 11.2 Å². The lowest BCUT2D eigenvalue weighted by atomic mass is 10.0. The molecule has 0 aliphatic heterocycles. The molecular formula is C18H13NO. The van der Waals surface area contributed by atoms with Gasteiger partial charge in [-0.2, -0.15) is 0 Å². The smallest absolute Gasteiger partial charge is 0.135 e. The van der Waals surface area contributed by atoms with Gasteiger partial charge in [0.25, 0.3) is 0 Å². The maximum atomic E-state index is 5.89. The average molecular weight is 259 g/mol. The first-order valence-electron chi connectivity index (χ1n) is 6.64. The maximum Gasteiger partial charge on any atom is 0.135 e. The zero-order valence-electron chi connectivity index (χ0n) is 11.1. The molecule has 0 saturated carbocycles. The summed E-state index contributed by atoms with van der Waals surface area (Å²) in [4.78, 5) is 4.07.